The van der Waals surface area contributed by atoms with Crippen LogP contribution in [0, 0.1) is 0 Å². The molecular formula is C23H21F3N4O4. The summed E-state index contributed by atoms with van der Waals surface area (Å²) >= 11 is 0. The number of aromatic nitrogens is 2. The molecule has 1 atom stereocenters. The first-order chi connectivity index (χ1) is 16.2. The molecule has 3 aromatic rings. The van der Waals surface area contributed by atoms with E-state index >= 15 is 0 Å². The lowest BCUT2D eigenvalue weighted by Gasteiger charge is -2.36. The Morgan fingerprint density at radius 3 is 2.47 bits per heavy atom. The molecule has 2 aromatic carbocycles. The molecule has 178 valence electrons. The topological polar surface area (TPSA) is 88.8 Å². The first-order valence-corrected chi connectivity index (χ1v) is 10.5. The number of hydrogen-bond acceptors (Lipinski definition) is 6. The Balaban J connectivity index is 1.43. The van der Waals surface area contributed by atoms with E-state index in [1.165, 1.54) is 17.0 Å². The van der Waals surface area contributed by atoms with Gasteiger partial charge in [0.1, 0.15) is 0 Å². The summed E-state index contributed by atoms with van der Waals surface area (Å²) in [4.78, 5) is 32.3. The van der Waals surface area contributed by atoms with Gasteiger partial charge in [0.15, 0.2) is 0 Å². The molecule has 0 N–H and O–H groups in total. The Morgan fingerprint density at radius 2 is 1.82 bits per heavy atom. The van der Waals surface area contributed by atoms with Crippen molar-refractivity contribution in [2.45, 2.75) is 18.6 Å². The predicted molar refractivity (Wildman–Crippen MR) is 115 cm³/mol. The molecule has 2 heterocycles. The minimum Gasteiger partial charge on any atom is -0.377 e. The summed E-state index contributed by atoms with van der Waals surface area (Å²) in [6.45, 7) is 1.03. The summed E-state index contributed by atoms with van der Waals surface area (Å²) in [6.07, 6.45) is -4.67. The van der Waals surface area contributed by atoms with Gasteiger partial charge in [-0.25, -0.2) is 0 Å². The molecule has 0 bridgehead atoms. The first-order valence-electron chi connectivity index (χ1n) is 10.5. The van der Waals surface area contributed by atoms with Gasteiger partial charge >= 0.3 is 12.1 Å². The number of ether oxygens (including phenoxy) is 1. The standard InChI is InChI=1S/C23H21F3N4O4/c1-29(17-9-7-15(8-10-17)20-27-22(34-28-20)23(24,25)26)19(31)13-18-14-33-12-11-30(18)21(32)16-5-3-2-4-6-16/h2-10,18H,11-14H2,1H3/t18-/m0/s1. The highest BCUT2D eigenvalue weighted by Gasteiger charge is 2.38. The minimum absolute atomic E-state index is 0.0522. The van der Waals surface area contributed by atoms with Crippen LogP contribution in [0.4, 0.5) is 18.9 Å². The molecule has 1 saturated heterocycles. The highest BCUT2D eigenvalue weighted by atomic mass is 19.4. The predicted octanol–water partition coefficient (Wildman–Crippen LogP) is 3.65. The van der Waals surface area contributed by atoms with E-state index in [4.69, 9.17) is 4.74 Å². The Hall–Kier alpha value is -3.73. The third-order valence-corrected chi connectivity index (χ3v) is 5.47. The average molecular weight is 474 g/mol. The molecule has 8 nitrogen and oxygen atoms in total. The van der Waals surface area contributed by atoms with E-state index in [0.717, 1.165) is 0 Å². The second kappa shape index (κ2) is 9.64. The number of anilines is 1. The smallest absolute Gasteiger partial charge is 0.377 e. The molecule has 11 heteroatoms. The summed E-state index contributed by atoms with van der Waals surface area (Å²) in [5, 5.41) is 3.35. The Labute approximate surface area is 192 Å². The van der Waals surface area contributed by atoms with E-state index in [9.17, 15) is 22.8 Å². The minimum atomic E-state index is -4.73. The van der Waals surface area contributed by atoms with Gasteiger partial charge in [-0.3, -0.25) is 9.59 Å². The second-order valence-corrected chi connectivity index (χ2v) is 7.72. The third-order valence-electron chi connectivity index (χ3n) is 5.47. The van der Waals surface area contributed by atoms with Crippen molar-refractivity contribution in [2.75, 3.05) is 31.7 Å². The maximum Gasteiger partial charge on any atom is 0.471 e. The monoisotopic (exact) mass is 474 g/mol. The molecule has 34 heavy (non-hydrogen) atoms. The Morgan fingerprint density at radius 1 is 1.12 bits per heavy atom. The van der Waals surface area contributed by atoms with Gasteiger partial charge in [0.25, 0.3) is 5.91 Å². The first kappa shape index (κ1) is 23.4. The van der Waals surface area contributed by atoms with E-state index in [1.54, 1.807) is 48.3 Å². The number of benzene rings is 2. The summed E-state index contributed by atoms with van der Waals surface area (Å²) < 4.78 is 47.8. The van der Waals surface area contributed by atoms with Crippen LogP contribution in [0.1, 0.15) is 22.7 Å². The van der Waals surface area contributed by atoms with Gasteiger partial charge in [0.05, 0.1) is 19.3 Å². The largest absolute Gasteiger partial charge is 0.471 e. The highest BCUT2D eigenvalue weighted by molar-refractivity contribution is 5.96. The molecular weight excluding hydrogens is 453 g/mol. The van der Waals surface area contributed by atoms with Crippen LogP contribution in [0.3, 0.4) is 0 Å². The van der Waals surface area contributed by atoms with Gasteiger partial charge in [-0.15, -0.1) is 0 Å². The quantitative estimate of drug-likeness (QED) is 0.561. The molecule has 0 radical (unpaired) electrons. The van der Waals surface area contributed by atoms with Crippen LogP contribution in [-0.4, -0.2) is 59.7 Å². The zero-order chi connectivity index (χ0) is 24.3. The lowest BCUT2D eigenvalue weighted by molar-refractivity contribution is -0.159. The SMILES string of the molecule is CN(C(=O)C[C@H]1COCCN1C(=O)c1ccccc1)c1ccc(-c2noc(C(F)(F)F)n2)cc1. The van der Waals surface area contributed by atoms with E-state index in [1.807, 2.05) is 6.07 Å². The van der Waals surface area contributed by atoms with Crippen molar-refractivity contribution in [1.29, 1.82) is 0 Å². The summed E-state index contributed by atoms with van der Waals surface area (Å²) in [7, 11) is 1.58. The zero-order valence-electron chi connectivity index (χ0n) is 18.2. The van der Waals surface area contributed by atoms with E-state index in [0.29, 0.717) is 30.0 Å². The molecule has 1 aromatic heterocycles. The molecule has 0 saturated carbocycles. The fourth-order valence-electron chi connectivity index (χ4n) is 3.61. The number of carbonyl (C=O) groups is 2. The van der Waals surface area contributed by atoms with E-state index in [-0.39, 0.29) is 30.7 Å². The van der Waals surface area contributed by atoms with Crippen LogP contribution in [0.2, 0.25) is 0 Å². The van der Waals surface area contributed by atoms with Crippen molar-refractivity contribution in [1.82, 2.24) is 15.0 Å². The van der Waals surface area contributed by atoms with Crippen molar-refractivity contribution in [2.24, 2.45) is 0 Å². The van der Waals surface area contributed by atoms with Gasteiger partial charge in [0, 0.05) is 36.8 Å². The number of hydrogen-bond donors (Lipinski definition) is 0. The number of rotatable bonds is 5. The Bertz CT molecular complexity index is 1150. The maximum atomic E-state index is 13.0. The molecule has 0 unspecified atom stereocenters. The average Bonchev–Trinajstić information content (AvgIpc) is 3.35. The zero-order valence-corrected chi connectivity index (χ0v) is 18.2. The van der Waals surface area contributed by atoms with Crippen molar-refractivity contribution >= 4 is 17.5 Å². The molecule has 1 aliphatic rings. The fraction of sp³-hybridized carbons (Fsp3) is 0.304. The maximum absolute atomic E-state index is 13.0. The molecule has 1 aliphatic heterocycles. The lowest BCUT2D eigenvalue weighted by atomic mass is 10.1. The second-order valence-electron chi connectivity index (χ2n) is 7.72. The van der Waals surface area contributed by atoms with Gasteiger partial charge in [0.2, 0.25) is 11.7 Å². The third kappa shape index (κ3) is 5.09. The van der Waals surface area contributed by atoms with Crippen molar-refractivity contribution in [3.05, 3.63) is 66.1 Å². The Kier molecular flexibility index (Phi) is 6.64. The fourth-order valence-corrected chi connectivity index (χ4v) is 3.61. The number of amides is 2. The molecule has 0 spiro atoms. The number of halogens is 3. The summed E-state index contributed by atoms with van der Waals surface area (Å²) in [5.74, 6) is -2.04. The van der Waals surface area contributed by atoms with Gasteiger partial charge < -0.3 is 19.1 Å². The van der Waals surface area contributed by atoms with E-state index in [2.05, 4.69) is 14.7 Å². The van der Waals surface area contributed by atoms with Gasteiger partial charge in [-0.05, 0) is 36.4 Å². The molecule has 1 fully saturated rings. The lowest BCUT2D eigenvalue weighted by Crippen LogP contribution is -2.50. The molecule has 4 rings (SSSR count). The number of morpholine rings is 1. The molecule has 2 amide bonds. The molecule has 0 aliphatic carbocycles. The number of alkyl halides is 3. The number of nitrogens with zero attached hydrogens (tertiary/aromatic N) is 4. The number of carbonyl (C=O) groups excluding carboxylic acids is 2. The van der Waals surface area contributed by atoms with Crippen LogP contribution in [0.15, 0.2) is 59.1 Å². The van der Waals surface area contributed by atoms with Crippen molar-refractivity contribution in [3.8, 4) is 11.4 Å². The van der Waals surface area contributed by atoms with Crippen LogP contribution >= 0.6 is 0 Å². The van der Waals surface area contributed by atoms with Crippen LogP contribution in [0.5, 0.6) is 0 Å². The van der Waals surface area contributed by atoms with Gasteiger partial charge in [-0.2, -0.15) is 18.2 Å². The van der Waals surface area contributed by atoms with Crippen LogP contribution in [0.25, 0.3) is 11.4 Å². The van der Waals surface area contributed by atoms with Crippen LogP contribution < -0.4 is 4.90 Å². The summed E-state index contributed by atoms with van der Waals surface area (Å²) in [6, 6.07) is 14.6. The normalized spacial score (nSPS) is 16.4. The van der Waals surface area contributed by atoms with Gasteiger partial charge in [-0.1, -0.05) is 23.4 Å². The highest BCUT2D eigenvalue weighted by Crippen LogP contribution is 2.30. The van der Waals surface area contributed by atoms with E-state index < -0.39 is 18.1 Å². The van der Waals surface area contributed by atoms with Crippen LogP contribution in [-0.2, 0) is 15.7 Å². The van der Waals surface area contributed by atoms with Crippen molar-refractivity contribution in [3.63, 3.8) is 0 Å². The van der Waals surface area contributed by atoms with Crippen molar-refractivity contribution < 1.29 is 32.0 Å². The summed E-state index contributed by atoms with van der Waals surface area (Å²) in [5.41, 5.74) is 1.37.